The van der Waals surface area contributed by atoms with Crippen molar-refractivity contribution < 1.29 is 4.39 Å². The average molecular weight is 289 g/mol. The Morgan fingerprint density at radius 3 is 2.43 bits per heavy atom. The van der Waals surface area contributed by atoms with Crippen molar-refractivity contribution in [2.75, 3.05) is 0 Å². The maximum Gasteiger partial charge on any atom is 0.123 e. The van der Waals surface area contributed by atoms with Gasteiger partial charge in [-0.3, -0.25) is 0 Å². The highest BCUT2D eigenvalue weighted by Crippen LogP contribution is 2.46. The minimum Gasteiger partial charge on any atom is -0.307 e. The highest BCUT2D eigenvalue weighted by molar-refractivity contribution is 5.35. The molecule has 21 heavy (non-hydrogen) atoms. The first-order valence-corrected chi connectivity index (χ1v) is 8.29. The molecule has 0 bridgehead atoms. The van der Waals surface area contributed by atoms with Crippen LogP contribution < -0.4 is 5.32 Å². The average Bonchev–Trinajstić information content (AvgIpc) is 2.67. The first kappa shape index (κ1) is 15.0. The Morgan fingerprint density at radius 1 is 1.10 bits per heavy atom. The maximum absolute atomic E-state index is 13.3. The van der Waals surface area contributed by atoms with Crippen LogP contribution in [0.2, 0.25) is 0 Å². The van der Waals surface area contributed by atoms with Crippen molar-refractivity contribution in [3.05, 3.63) is 35.1 Å². The van der Waals surface area contributed by atoms with Crippen LogP contribution in [-0.2, 0) is 6.42 Å². The summed E-state index contributed by atoms with van der Waals surface area (Å²) in [6.45, 7) is 9.56. The molecule has 116 valence electrons. The zero-order valence-corrected chi connectivity index (χ0v) is 13.8. The van der Waals surface area contributed by atoms with Crippen LogP contribution in [0.15, 0.2) is 18.2 Å². The Kier molecular flexibility index (Phi) is 3.64. The van der Waals surface area contributed by atoms with Crippen LogP contribution in [-0.4, -0.2) is 6.04 Å². The number of aryl methyl sites for hydroxylation is 1. The molecule has 1 aromatic carbocycles. The zero-order valence-electron chi connectivity index (χ0n) is 13.8. The molecule has 1 nitrogen and oxygen atoms in total. The van der Waals surface area contributed by atoms with Gasteiger partial charge in [0, 0.05) is 12.1 Å². The fourth-order valence-electron chi connectivity index (χ4n) is 5.01. The lowest BCUT2D eigenvalue weighted by Gasteiger charge is -2.46. The standard InChI is InChI=1S/C19H28FN/c1-18(2)10-15(11-19(3,4)12-18)21-17-8-5-13-9-14(20)6-7-16(13)17/h6-7,9,15,17,21H,5,8,10-12H2,1-4H3. The van der Waals surface area contributed by atoms with E-state index in [9.17, 15) is 4.39 Å². The second-order valence-corrected chi connectivity index (χ2v) is 8.71. The van der Waals surface area contributed by atoms with Gasteiger partial charge in [0.1, 0.15) is 5.82 Å². The molecule has 1 fully saturated rings. The van der Waals surface area contributed by atoms with Crippen LogP contribution in [0.25, 0.3) is 0 Å². The van der Waals surface area contributed by atoms with Gasteiger partial charge in [0.15, 0.2) is 0 Å². The van der Waals surface area contributed by atoms with Crippen LogP contribution in [0, 0.1) is 16.6 Å². The summed E-state index contributed by atoms with van der Waals surface area (Å²) in [5.74, 6) is -0.102. The minimum absolute atomic E-state index is 0.102. The summed E-state index contributed by atoms with van der Waals surface area (Å²) in [5.41, 5.74) is 3.33. The molecule has 1 unspecified atom stereocenters. The Bertz CT molecular complexity index is 516. The molecule has 3 rings (SSSR count). The van der Waals surface area contributed by atoms with Crippen LogP contribution >= 0.6 is 0 Å². The van der Waals surface area contributed by atoms with E-state index in [1.54, 1.807) is 12.1 Å². The molecule has 0 amide bonds. The van der Waals surface area contributed by atoms with E-state index in [0.29, 0.717) is 22.9 Å². The first-order chi connectivity index (χ1) is 9.74. The largest absolute Gasteiger partial charge is 0.307 e. The molecule has 1 aromatic rings. The second-order valence-electron chi connectivity index (χ2n) is 8.71. The SMILES string of the molecule is CC1(C)CC(NC2CCc3cc(F)ccc32)CC(C)(C)C1. The van der Waals surface area contributed by atoms with Gasteiger partial charge in [0.25, 0.3) is 0 Å². The maximum atomic E-state index is 13.3. The van der Waals surface area contributed by atoms with E-state index in [-0.39, 0.29) is 5.82 Å². The van der Waals surface area contributed by atoms with E-state index in [1.165, 1.54) is 30.4 Å². The molecular weight excluding hydrogens is 261 g/mol. The predicted molar refractivity (Wildman–Crippen MR) is 85.8 cm³/mol. The van der Waals surface area contributed by atoms with Gasteiger partial charge in [0.2, 0.25) is 0 Å². The zero-order chi connectivity index (χ0) is 15.3. The van der Waals surface area contributed by atoms with Crippen molar-refractivity contribution in [2.45, 2.75) is 71.9 Å². The van der Waals surface area contributed by atoms with Crippen molar-refractivity contribution in [1.29, 1.82) is 0 Å². The van der Waals surface area contributed by atoms with Crippen LogP contribution in [0.5, 0.6) is 0 Å². The second kappa shape index (κ2) is 5.08. The van der Waals surface area contributed by atoms with Gasteiger partial charge in [-0.1, -0.05) is 33.8 Å². The monoisotopic (exact) mass is 289 g/mol. The fourth-order valence-corrected chi connectivity index (χ4v) is 5.01. The summed E-state index contributed by atoms with van der Waals surface area (Å²) in [5, 5.41) is 3.88. The third kappa shape index (κ3) is 3.31. The molecule has 0 heterocycles. The topological polar surface area (TPSA) is 12.0 Å². The number of nitrogens with one attached hydrogen (secondary N) is 1. The van der Waals surface area contributed by atoms with Crippen LogP contribution in [0.3, 0.4) is 0 Å². The lowest BCUT2D eigenvalue weighted by atomic mass is 9.63. The molecule has 0 aliphatic heterocycles. The van der Waals surface area contributed by atoms with Gasteiger partial charge in [-0.2, -0.15) is 0 Å². The van der Waals surface area contributed by atoms with Gasteiger partial charge in [-0.25, -0.2) is 4.39 Å². The minimum atomic E-state index is -0.102. The normalized spacial score (nSPS) is 27.6. The summed E-state index contributed by atoms with van der Waals surface area (Å²) in [6.07, 6.45) is 5.89. The summed E-state index contributed by atoms with van der Waals surface area (Å²) in [4.78, 5) is 0. The van der Waals surface area contributed by atoms with E-state index >= 15 is 0 Å². The summed E-state index contributed by atoms with van der Waals surface area (Å²) < 4.78 is 13.3. The van der Waals surface area contributed by atoms with Crippen molar-refractivity contribution in [3.63, 3.8) is 0 Å². The third-order valence-electron chi connectivity index (χ3n) is 5.17. The van der Waals surface area contributed by atoms with Crippen molar-refractivity contribution >= 4 is 0 Å². The molecule has 0 radical (unpaired) electrons. The molecule has 1 N–H and O–H groups in total. The lowest BCUT2D eigenvalue weighted by Crippen LogP contribution is -2.44. The molecular formula is C19H28FN. The third-order valence-corrected chi connectivity index (χ3v) is 5.17. The number of halogens is 1. The van der Waals surface area contributed by atoms with E-state index in [4.69, 9.17) is 0 Å². The predicted octanol–water partition coefficient (Wildman–Crippen LogP) is 5.01. The van der Waals surface area contributed by atoms with Gasteiger partial charge >= 0.3 is 0 Å². The molecule has 0 spiro atoms. The van der Waals surface area contributed by atoms with E-state index in [2.05, 4.69) is 33.0 Å². The van der Waals surface area contributed by atoms with Crippen molar-refractivity contribution in [3.8, 4) is 0 Å². The van der Waals surface area contributed by atoms with Gasteiger partial charge < -0.3 is 5.32 Å². The summed E-state index contributed by atoms with van der Waals surface area (Å²) in [6, 6.07) is 6.29. The Hall–Kier alpha value is -0.890. The molecule has 2 aliphatic carbocycles. The van der Waals surface area contributed by atoms with Crippen LogP contribution in [0.4, 0.5) is 4.39 Å². The Labute approximate surface area is 128 Å². The Balaban J connectivity index is 1.74. The molecule has 0 aromatic heterocycles. The summed E-state index contributed by atoms with van der Waals surface area (Å²) >= 11 is 0. The molecule has 2 aliphatic rings. The highest BCUT2D eigenvalue weighted by atomic mass is 19.1. The summed E-state index contributed by atoms with van der Waals surface area (Å²) in [7, 11) is 0. The van der Waals surface area contributed by atoms with Gasteiger partial charge in [-0.15, -0.1) is 0 Å². The smallest absolute Gasteiger partial charge is 0.123 e. The molecule has 1 saturated carbocycles. The van der Waals surface area contributed by atoms with E-state index in [0.717, 1.165) is 12.8 Å². The van der Waals surface area contributed by atoms with Crippen molar-refractivity contribution in [2.24, 2.45) is 10.8 Å². The molecule has 0 saturated heterocycles. The number of hydrogen-bond acceptors (Lipinski definition) is 1. The van der Waals surface area contributed by atoms with Crippen molar-refractivity contribution in [1.82, 2.24) is 5.32 Å². The number of rotatable bonds is 2. The van der Waals surface area contributed by atoms with E-state index < -0.39 is 0 Å². The fraction of sp³-hybridized carbons (Fsp3) is 0.684. The number of benzene rings is 1. The lowest BCUT2D eigenvalue weighted by molar-refractivity contribution is 0.0802. The number of fused-ring (bicyclic) bond motifs is 1. The quantitative estimate of drug-likeness (QED) is 0.807. The number of hydrogen-bond donors (Lipinski definition) is 1. The first-order valence-electron chi connectivity index (χ1n) is 8.29. The Morgan fingerprint density at radius 2 is 1.76 bits per heavy atom. The van der Waals surface area contributed by atoms with E-state index in [1.807, 2.05) is 6.07 Å². The van der Waals surface area contributed by atoms with Crippen LogP contribution in [0.1, 0.15) is 70.5 Å². The molecule has 2 heteroatoms. The highest BCUT2D eigenvalue weighted by Gasteiger charge is 2.39. The van der Waals surface area contributed by atoms with Gasteiger partial charge in [-0.05, 0) is 66.2 Å². The van der Waals surface area contributed by atoms with Gasteiger partial charge in [0.05, 0.1) is 0 Å². The molecule has 1 atom stereocenters.